The zero-order valence-corrected chi connectivity index (χ0v) is 19.2. The van der Waals surface area contributed by atoms with Crippen LogP contribution in [-0.2, 0) is 11.3 Å². The van der Waals surface area contributed by atoms with Crippen LogP contribution in [0.25, 0.3) is 22.2 Å². The number of carbonyl (C=O) groups is 1. The number of aromatic nitrogens is 1. The average molecular weight is 451 g/mol. The number of nitrogens with one attached hydrogen (secondary N) is 1. The van der Waals surface area contributed by atoms with Gasteiger partial charge in [0.15, 0.2) is 0 Å². The van der Waals surface area contributed by atoms with E-state index < -0.39 is 6.04 Å². The summed E-state index contributed by atoms with van der Waals surface area (Å²) in [6, 6.07) is 19.5. The van der Waals surface area contributed by atoms with Gasteiger partial charge < -0.3 is 15.0 Å². The van der Waals surface area contributed by atoms with Crippen LogP contribution in [-0.4, -0.2) is 48.1 Å². The Hall–Kier alpha value is -3.79. The Kier molecular flexibility index (Phi) is 5.97. The van der Waals surface area contributed by atoms with Crippen LogP contribution in [0, 0.1) is 11.3 Å². The molecule has 1 aromatic heterocycles. The van der Waals surface area contributed by atoms with Crippen molar-refractivity contribution in [1.82, 2.24) is 15.2 Å². The van der Waals surface area contributed by atoms with Crippen LogP contribution in [0.2, 0.25) is 0 Å². The normalized spacial score (nSPS) is 19.3. The third kappa shape index (κ3) is 4.24. The molecule has 0 bridgehead atoms. The highest BCUT2D eigenvalue weighted by molar-refractivity contribution is 6.09. The molecule has 6 nitrogen and oxygen atoms in total. The number of benzene rings is 2. The van der Waals surface area contributed by atoms with Crippen molar-refractivity contribution < 1.29 is 9.53 Å². The number of amides is 1. The molecule has 3 atom stereocenters. The molecule has 2 aliphatic rings. The van der Waals surface area contributed by atoms with E-state index in [9.17, 15) is 10.1 Å². The molecule has 1 amide bonds. The summed E-state index contributed by atoms with van der Waals surface area (Å²) in [5.41, 5.74) is 4.92. The third-order valence-electron chi connectivity index (χ3n) is 6.19. The van der Waals surface area contributed by atoms with Crippen molar-refractivity contribution in [2.24, 2.45) is 0 Å². The number of epoxide rings is 1. The minimum absolute atomic E-state index is 0.0498. The van der Waals surface area contributed by atoms with Gasteiger partial charge in [0.1, 0.15) is 12.2 Å². The van der Waals surface area contributed by atoms with Crippen LogP contribution < -0.4 is 5.32 Å². The second-order valence-corrected chi connectivity index (χ2v) is 8.90. The van der Waals surface area contributed by atoms with Gasteiger partial charge in [-0.3, -0.25) is 4.79 Å². The van der Waals surface area contributed by atoms with E-state index in [-0.39, 0.29) is 24.5 Å². The molecular formula is C28H26N4O2. The molecule has 0 radical (unpaired) electrons. The number of fused-ring (bicyclic) bond motifs is 2. The first kappa shape index (κ1) is 22.0. The molecule has 170 valence electrons. The predicted octanol–water partition coefficient (Wildman–Crippen LogP) is 4.24. The molecule has 3 aromatic rings. The van der Waals surface area contributed by atoms with E-state index in [2.05, 4.69) is 11.4 Å². The average Bonchev–Trinajstić information content (AvgIpc) is 3.63. The van der Waals surface area contributed by atoms with E-state index in [1.807, 2.05) is 91.8 Å². The maximum absolute atomic E-state index is 13.9. The van der Waals surface area contributed by atoms with Crippen molar-refractivity contribution in [3.05, 3.63) is 89.5 Å². The van der Waals surface area contributed by atoms with Gasteiger partial charge in [0.25, 0.3) is 5.91 Å². The van der Waals surface area contributed by atoms with Crippen molar-refractivity contribution in [1.29, 1.82) is 5.26 Å². The zero-order chi connectivity index (χ0) is 23.7. The van der Waals surface area contributed by atoms with Gasteiger partial charge in [0, 0.05) is 23.1 Å². The minimum Gasteiger partial charge on any atom is -0.360 e. The fourth-order valence-electron chi connectivity index (χ4n) is 4.61. The van der Waals surface area contributed by atoms with Crippen LogP contribution in [0.3, 0.4) is 0 Å². The summed E-state index contributed by atoms with van der Waals surface area (Å²) in [5.74, 6) is -0.208. The predicted molar refractivity (Wildman–Crippen MR) is 132 cm³/mol. The molecule has 2 heterocycles. The van der Waals surface area contributed by atoms with Gasteiger partial charge >= 0.3 is 0 Å². The standard InChI is InChI=1S/C28H26N4O2/c1-32(2)17-21-25(28(33)31-23(15-16-29)20-12-8-14-24-27(20)34-24)19-11-6-7-13-22(19)30-26(21)18-9-4-3-5-10-18/h3-14,23-24,27H,15,17H2,1-2H3,(H,31,33). The molecule has 1 saturated heterocycles. The van der Waals surface area contributed by atoms with E-state index in [0.29, 0.717) is 12.1 Å². The van der Waals surface area contributed by atoms with Gasteiger partial charge in [0.05, 0.1) is 35.3 Å². The van der Waals surface area contributed by atoms with Crippen molar-refractivity contribution in [2.45, 2.75) is 31.2 Å². The van der Waals surface area contributed by atoms with Gasteiger partial charge in [-0.15, -0.1) is 0 Å². The van der Waals surface area contributed by atoms with E-state index in [0.717, 1.165) is 33.3 Å². The molecule has 1 aliphatic heterocycles. The lowest BCUT2D eigenvalue weighted by atomic mass is 9.93. The van der Waals surface area contributed by atoms with Gasteiger partial charge in [-0.25, -0.2) is 4.98 Å². The van der Waals surface area contributed by atoms with Gasteiger partial charge in [-0.05, 0) is 25.7 Å². The quantitative estimate of drug-likeness (QED) is 0.545. The first-order chi connectivity index (χ1) is 16.6. The molecular weight excluding hydrogens is 424 g/mol. The van der Waals surface area contributed by atoms with Crippen LogP contribution in [0.1, 0.15) is 22.3 Å². The van der Waals surface area contributed by atoms with E-state index in [4.69, 9.17) is 9.72 Å². The van der Waals surface area contributed by atoms with Crippen molar-refractivity contribution >= 4 is 16.8 Å². The van der Waals surface area contributed by atoms with E-state index in [1.54, 1.807) is 0 Å². The minimum atomic E-state index is -0.420. The summed E-state index contributed by atoms with van der Waals surface area (Å²) in [6.45, 7) is 0.549. The molecule has 34 heavy (non-hydrogen) atoms. The zero-order valence-electron chi connectivity index (χ0n) is 19.2. The summed E-state index contributed by atoms with van der Waals surface area (Å²) in [5, 5.41) is 13.4. The molecule has 1 N–H and O–H groups in total. The SMILES string of the molecule is CN(C)Cc1c(-c2ccccc2)nc2ccccc2c1C(=O)NC(CC#N)C1=CC=CC2OC12. The highest BCUT2D eigenvalue weighted by Gasteiger charge is 2.44. The Balaban J connectivity index is 1.63. The lowest BCUT2D eigenvalue weighted by molar-refractivity contribution is 0.0942. The van der Waals surface area contributed by atoms with Crippen molar-refractivity contribution in [3.8, 4) is 17.3 Å². The maximum atomic E-state index is 13.9. The molecule has 5 rings (SSSR count). The fraction of sp³-hybridized carbons (Fsp3) is 0.250. The first-order valence-electron chi connectivity index (χ1n) is 11.4. The highest BCUT2D eigenvalue weighted by Crippen LogP contribution is 2.36. The number of para-hydroxylation sites is 1. The van der Waals surface area contributed by atoms with Gasteiger partial charge in [-0.1, -0.05) is 66.8 Å². The van der Waals surface area contributed by atoms with Crippen LogP contribution in [0.4, 0.5) is 0 Å². The number of hydrogen-bond acceptors (Lipinski definition) is 5. The summed E-state index contributed by atoms with van der Waals surface area (Å²) >= 11 is 0. The second-order valence-electron chi connectivity index (χ2n) is 8.90. The van der Waals surface area contributed by atoms with Crippen LogP contribution >= 0.6 is 0 Å². The summed E-state index contributed by atoms with van der Waals surface area (Å²) < 4.78 is 5.70. The summed E-state index contributed by atoms with van der Waals surface area (Å²) in [6.07, 6.45) is 6.06. The van der Waals surface area contributed by atoms with Crippen LogP contribution in [0.5, 0.6) is 0 Å². The lowest BCUT2D eigenvalue weighted by Crippen LogP contribution is -2.39. The number of allylic oxidation sites excluding steroid dienone is 2. The topological polar surface area (TPSA) is 81.6 Å². The molecule has 1 aliphatic carbocycles. The first-order valence-corrected chi connectivity index (χ1v) is 11.4. The molecule has 3 unspecified atom stereocenters. The maximum Gasteiger partial charge on any atom is 0.252 e. The number of nitrogens with zero attached hydrogens (tertiary/aromatic N) is 3. The summed E-state index contributed by atoms with van der Waals surface area (Å²) in [7, 11) is 3.96. The largest absolute Gasteiger partial charge is 0.360 e. The number of pyridine rings is 1. The Labute approximate surface area is 199 Å². The molecule has 0 spiro atoms. The Bertz CT molecular complexity index is 1340. The van der Waals surface area contributed by atoms with Crippen LogP contribution in [0.15, 0.2) is 78.4 Å². The van der Waals surface area contributed by atoms with Gasteiger partial charge in [-0.2, -0.15) is 5.26 Å². The van der Waals surface area contributed by atoms with Crippen molar-refractivity contribution in [2.75, 3.05) is 14.1 Å². The Morgan fingerprint density at radius 1 is 1.18 bits per heavy atom. The van der Waals surface area contributed by atoms with Gasteiger partial charge in [0.2, 0.25) is 0 Å². The van der Waals surface area contributed by atoms with E-state index >= 15 is 0 Å². The number of rotatable bonds is 7. The van der Waals surface area contributed by atoms with Crippen molar-refractivity contribution in [3.63, 3.8) is 0 Å². The molecule has 2 aromatic carbocycles. The summed E-state index contributed by atoms with van der Waals surface area (Å²) in [4.78, 5) is 20.9. The third-order valence-corrected chi connectivity index (χ3v) is 6.19. The fourth-order valence-corrected chi connectivity index (χ4v) is 4.61. The highest BCUT2D eigenvalue weighted by atomic mass is 16.6. The number of nitriles is 1. The lowest BCUT2D eigenvalue weighted by Gasteiger charge is -2.23. The van der Waals surface area contributed by atoms with E-state index in [1.165, 1.54) is 0 Å². The molecule has 1 fully saturated rings. The smallest absolute Gasteiger partial charge is 0.252 e. The Morgan fingerprint density at radius 2 is 1.94 bits per heavy atom. The monoisotopic (exact) mass is 450 g/mol. The molecule has 0 saturated carbocycles. The number of hydrogen-bond donors (Lipinski definition) is 1. The molecule has 6 heteroatoms. The second kappa shape index (κ2) is 9.22. The number of ether oxygens (including phenoxy) is 1. The Morgan fingerprint density at radius 3 is 2.71 bits per heavy atom. The number of carbonyl (C=O) groups excluding carboxylic acids is 1.